The summed E-state index contributed by atoms with van der Waals surface area (Å²) in [5.41, 5.74) is -2.13. The average Bonchev–Trinajstić information content (AvgIpc) is 3.27. The molecule has 8 aliphatic rings. The van der Waals surface area contributed by atoms with Gasteiger partial charge in [0.25, 0.3) is 0 Å². The van der Waals surface area contributed by atoms with Crippen LogP contribution in [0.1, 0.15) is 113 Å². The van der Waals surface area contributed by atoms with Gasteiger partial charge in [-0.3, -0.25) is 9.59 Å². The van der Waals surface area contributed by atoms with Crippen molar-refractivity contribution in [1.82, 2.24) is 0 Å². The van der Waals surface area contributed by atoms with Gasteiger partial charge in [0.1, 0.15) is 67.1 Å². The fourth-order valence-electron chi connectivity index (χ4n) is 14.8. The van der Waals surface area contributed by atoms with Crippen LogP contribution in [0.2, 0.25) is 0 Å². The summed E-state index contributed by atoms with van der Waals surface area (Å²) in [4.78, 5) is 27.8. The zero-order chi connectivity index (χ0) is 49.1. The molecule has 0 aromatic carbocycles. The van der Waals surface area contributed by atoms with E-state index in [1.807, 2.05) is 0 Å². The Kier molecular flexibility index (Phi) is 13.8. The van der Waals surface area contributed by atoms with E-state index in [2.05, 4.69) is 40.7 Å². The molecule has 382 valence electrons. The molecule has 67 heavy (non-hydrogen) atoms. The largest absolute Gasteiger partial charge is 0.481 e. The second-order valence-corrected chi connectivity index (χ2v) is 23.3. The lowest BCUT2D eigenvalue weighted by Crippen LogP contribution is -2.66. The maximum absolute atomic E-state index is 15.0. The highest BCUT2D eigenvalue weighted by atomic mass is 16.8. The lowest BCUT2D eigenvalue weighted by atomic mass is 9.33. The van der Waals surface area contributed by atoms with E-state index in [9.17, 15) is 65.8 Å². The quantitative estimate of drug-likeness (QED) is 0.109. The van der Waals surface area contributed by atoms with Gasteiger partial charge in [0, 0.05) is 0 Å². The van der Waals surface area contributed by atoms with Crippen molar-refractivity contribution in [2.75, 3.05) is 13.2 Å². The van der Waals surface area contributed by atoms with Crippen molar-refractivity contribution in [2.45, 2.75) is 211 Å². The number of allylic oxidation sites excluding steroid dienone is 2. The van der Waals surface area contributed by atoms with Gasteiger partial charge in [0.05, 0.1) is 36.3 Å². The van der Waals surface area contributed by atoms with Crippen LogP contribution in [0.4, 0.5) is 0 Å². The minimum absolute atomic E-state index is 0.128. The van der Waals surface area contributed by atoms with Gasteiger partial charge < -0.3 is 84.6 Å². The Morgan fingerprint density at radius 2 is 1.31 bits per heavy atom. The van der Waals surface area contributed by atoms with Crippen LogP contribution < -0.4 is 0 Å². The summed E-state index contributed by atoms with van der Waals surface area (Å²) in [7, 11) is 0. The minimum Gasteiger partial charge on any atom is -0.481 e. The van der Waals surface area contributed by atoms with Crippen LogP contribution in [0.5, 0.6) is 0 Å². The number of carboxylic acids is 1. The van der Waals surface area contributed by atoms with Crippen molar-refractivity contribution >= 4 is 11.9 Å². The van der Waals surface area contributed by atoms with Crippen LogP contribution in [0.25, 0.3) is 0 Å². The van der Waals surface area contributed by atoms with Gasteiger partial charge in [0.15, 0.2) is 12.6 Å². The summed E-state index contributed by atoms with van der Waals surface area (Å²) in [6, 6.07) is 0. The van der Waals surface area contributed by atoms with Gasteiger partial charge in [-0.05, 0) is 117 Å². The van der Waals surface area contributed by atoms with Crippen LogP contribution in [-0.4, -0.2) is 180 Å². The third kappa shape index (κ3) is 7.97. The molecule has 0 aromatic heterocycles. The van der Waals surface area contributed by atoms with Gasteiger partial charge in [0.2, 0.25) is 6.29 Å². The van der Waals surface area contributed by atoms with E-state index in [1.165, 1.54) is 12.5 Å². The monoisotopic (exact) mass is 956 g/mol. The lowest BCUT2D eigenvalue weighted by Gasteiger charge is -2.71. The SMILES string of the molecule is C[C@@H]1O[C@@H](O[C@@H]2[C@H](O)[C@H](O)[C@@H](OC[C@@H]3O[C@H](OC(=O)[C@]45CCC(C)(C)C[C@@H]4C4=CC[C@@H]6[C@@]7(C)CC[C@@H](O)[C@](C)(C(=O)O)[C@H]7CC[C@@]6(C)[C@]4(C)CC5)[C@@H](O)[C@H](O)[C@@H]3O)O[C@H]2CO)[C@H](O)[C@H](O)[C@H]1O. The number of hydrogen-bond acceptors (Lipinski definition) is 18. The Hall–Kier alpha value is -1.92. The van der Waals surface area contributed by atoms with Crippen molar-refractivity contribution in [1.29, 1.82) is 0 Å². The highest BCUT2D eigenvalue weighted by Gasteiger charge is 2.71. The maximum Gasteiger partial charge on any atom is 0.315 e. The van der Waals surface area contributed by atoms with Crippen LogP contribution in [0, 0.1) is 50.2 Å². The summed E-state index contributed by atoms with van der Waals surface area (Å²) in [6.45, 7) is 13.0. The number of esters is 1. The molecule has 8 rings (SSSR count). The Balaban J connectivity index is 0.981. The summed E-state index contributed by atoms with van der Waals surface area (Å²) in [5.74, 6) is -1.87. The molecule has 24 atom stereocenters. The highest BCUT2D eigenvalue weighted by Crippen LogP contribution is 2.76. The van der Waals surface area contributed by atoms with Crippen LogP contribution >= 0.6 is 0 Å². The molecule has 0 bridgehead atoms. The van der Waals surface area contributed by atoms with Gasteiger partial charge in [-0.15, -0.1) is 0 Å². The number of carbonyl (C=O) groups excluding carboxylic acids is 1. The molecule has 0 spiro atoms. The number of aliphatic hydroxyl groups is 10. The number of rotatable bonds is 9. The smallest absolute Gasteiger partial charge is 0.315 e. The number of carboxylic acid groups (broad SMARTS) is 1. The van der Waals surface area contributed by atoms with Crippen molar-refractivity contribution in [3.05, 3.63) is 11.6 Å². The molecule has 4 saturated carbocycles. The Morgan fingerprint density at radius 3 is 1.99 bits per heavy atom. The fourth-order valence-corrected chi connectivity index (χ4v) is 14.8. The van der Waals surface area contributed by atoms with Crippen molar-refractivity contribution in [3.8, 4) is 0 Å². The normalized spacial score (nSPS) is 54.0. The third-order valence-electron chi connectivity index (χ3n) is 19.4. The summed E-state index contributed by atoms with van der Waals surface area (Å²) in [6.07, 6.45) is -16.7. The molecule has 0 amide bonds. The molecule has 5 aliphatic carbocycles. The average molecular weight is 957 g/mol. The van der Waals surface area contributed by atoms with E-state index in [0.717, 1.165) is 19.3 Å². The Labute approximate surface area is 391 Å². The maximum atomic E-state index is 15.0. The number of aliphatic carboxylic acids is 1. The number of carbonyl (C=O) groups is 2. The molecular weight excluding hydrogens is 881 g/mol. The van der Waals surface area contributed by atoms with Gasteiger partial charge in [-0.25, -0.2) is 0 Å². The first kappa shape index (κ1) is 51.4. The molecular formula is C48H76O19. The molecule has 3 heterocycles. The van der Waals surface area contributed by atoms with Crippen molar-refractivity contribution < 1.29 is 94.2 Å². The van der Waals surface area contributed by atoms with E-state index >= 15 is 0 Å². The number of fused-ring (bicyclic) bond motifs is 7. The summed E-state index contributed by atoms with van der Waals surface area (Å²) < 4.78 is 34.7. The first-order valence-corrected chi connectivity index (χ1v) is 24.3. The summed E-state index contributed by atoms with van der Waals surface area (Å²) in [5, 5.41) is 118. The third-order valence-corrected chi connectivity index (χ3v) is 19.4. The standard InChI is InChI=1S/C48H76O19/c1-21-29(51)31(53)34(56)39(63-21)66-37-24(19-49)64-38(36(58)33(37)55)62-20-25-30(52)32(54)35(57)40(65-25)67-42(61)48-16-14-43(2,3)18-23(48)22-8-9-26-44(4)12-11-28(50)47(7,41(59)60)27(44)10-13-46(26,6)45(22,5)15-17-48/h8,21,23-40,49-58H,9-20H2,1-7H3,(H,59,60)/t21-,23+,24-,25-,26+,27-,28+,29-,30+,31+,32+,33+,34+,35-,36-,37-,38-,39-,40+,44+,45+,46+,47+,48-/m0/s1. The molecule has 19 nitrogen and oxygen atoms in total. The molecule has 19 heteroatoms. The Morgan fingerprint density at radius 1 is 0.687 bits per heavy atom. The molecule has 0 unspecified atom stereocenters. The van der Waals surface area contributed by atoms with Crippen LogP contribution in [0.3, 0.4) is 0 Å². The zero-order valence-electron chi connectivity index (χ0n) is 39.7. The second kappa shape index (κ2) is 18.0. The molecule has 3 aliphatic heterocycles. The predicted molar refractivity (Wildman–Crippen MR) is 231 cm³/mol. The van der Waals surface area contributed by atoms with E-state index in [0.29, 0.717) is 44.9 Å². The number of hydrogen-bond donors (Lipinski definition) is 11. The second-order valence-electron chi connectivity index (χ2n) is 23.3. The molecule has 0 aromatic rings. The first-order valence-electron chi connectivity index (χ1n) is 24.3. The van der Waals surface area contributed by atoms with Gasteiger partial charge in [-0.1, -0.05) is 46.3 Å². The van der Waals surface area contributed by atoms with E-state index < -0.39 is 134 Å². The lowest BCUT2D eigenvalue weighted by molar-refractivity contribution is -0.361. The van der Waals surface area contributed by atoms with Crippen molar-refractivity contribution in [3.63, 3.8) is 0 Å². The van der Waals surface area contributed by atoms with Crippen LogP contribution in [0.15, 0.2) is 11.6 Å². The van der Waals surface area contributed by atoms with E-state index in [-0.39, 0.29) is 39.4 Å². The van der Waals surface area contributed by atoms with Gasteiger partial charge in [-0.2, -0.15) is 0 Å². The van der Waals surface area contributed by atoms with E-state index in [1.54, 1.807) is 6.92 Å². The number of aliphatic hydroxyl groups excluding tert-OH is 10. The fraction of sp³-hybridized carbons (Fsp3) is 0.917. The zero-order valence-corrected chi connectivity index (χ0v) is 39.7. The Bertz CT molecular complexity index is 1880. The summed E-state index contributed by atoms with van der Waals surface area (Å²) >= 11 is 0. The van der Waals surface area contributed by atoms with Gasteiger partial charge >= 0.3 is 11.9 Å². The number of ether oxygens (including phenoxy) is 6. The highest BCUT2D eigenvalue weighted by molar-refractivity contribution is 5.79. The van der Waals surface area contributed by atoms with E-state index in [4.69, 9.17) is 28.4 Å². The van der Waals surface area contributed by atoms with Crippen molar-refractivity contribution in [2.24, 2.45) is 50.2 Å². The molecule has 11 N–H and O–H groups in total. The first-order chi connectivity index (χ1) is 31.2. The topological polar surface area (TPSA) is 312 Å². The van der Waals surface area contributed by atoms with Crippen LogP contribution in [-0.2, 0) is 38.0 Å². The minimum atomic E-state index is -1.87. The molecule has 0 radical (unpaired) electrons. The molecule has 7 fully saturated rings. The predicted octanol–water partition coefficient (Wildman–Crippen LogP) is 0.233. The molecule has 3 saturated heterocycles.